The zero-order valence-electron chi connectivity index (χ0n) is 15.9. The topological polar surface area (TPSA) is 82.8 Å². The summed E-state index contributed by atoms with van der Waals surface area (Å²) >= 11 is 3.57. The van der Waals surface area contributed by atoms with Gasteiger partial charge >= 0.3 is 0 Å². The summed E-state index contributed by atoms with van der Waals surface area (Å²) in [5.41, 5.74) is 12.6. The lowest BCUT2D eigenvalue weighted by atomic mass is 10.1. The van der Waals surface area contributed by atoms with Crippen LogP contribution in [0.25, 0.3) is 22.8 Å². The molecule has 0 fully saturated rings. The minimum absolute atomic E-state index is 0.484. The molecule has 28 heavy (non-hydrogen) atoms. The van der Waals surface area contributed by atoms with E-state index in [0.29, 0.717) is 23.9 Å². The number of nitrogen functional groups attached to an aromatic ring is 1. The van der Waals surface area contributed by atoms with E-state index in [9.17, 15) is 0 Å². The Balaban J connectivity index is 1.57. The maximum atomic E-state index is 5.98. The molecule has 0 radical (unpaired) electrons. The van der Waals surface area contributed by atoms with Gasteiger partial charge in [0.05, 0.1) is 22.4 Å². The SMILES string of the molecule is Cc1nn(Cc2ccc(-c3nc(-c4cccc(N)c4C)no3)cc2)c(C)c1Br. The molecule has 0 atom stereocenters. The van der Waals surface area contributed by atoms with Gasteiger partial charge in [0.2, 0.25) is 5.82 Å². The molecule has 0 amide bonds. The minimum Gasteiger partial charge on any atom is -0.398 e. The first kappa shape index (κ1) is 18.4. The number of halogens is 1. The fraction of sp³-hybridized carbons (Fsp3) is 0.190. The average Bonchev–Trinajstić information content (AvgIpc) is 3.26. The van der Waals surface area contributed by atoms with Crippen LogP contribution in [0.3, 0.4) is 0 Å². The van der Waals surface area contributed by atoms with Crippen LogP contribution in [0.2, 0.25) is 0 Å². The molecule has 0 saturated carbocycles. The highest BCUT2D eigenvalue weighted by atomic mass is 79.9. The van der Waals surface area contributed by atoms with E-state index >= 15 is 0 Å². The fourth-order valence-electron chi connectivity index (χ4n) is 3.10. The Morgan fingerprint density at radius 2 is 1.82 bits per heavy atom. The standard InChI is InChI=1S/C21H20BrN5O/c1-12-17(5-4-6-18(12)23)20-24-21(28-26-20)16-9-7-15(8-10-16)11-27-14(3)19(22)13(2)25-27/h4-10H,11,23H2,1-3H3. The molecule has 7 heteroatoms. The Morgan fingerprint density at radius 1 is 1.07 bits per heavy atom. The summed E-state index contributed by atoms with van der Waals surface area (Å²) in [7, 11) is 0. The van der Waals surface area contributed by atoms with Gasteiger partial charge in [0.1, 0.15) is 0 Å². The summed E-state index contributed by atoms with van der Waals surface area (Å²) in [6.07, 6.45) is 0. The maximum Gasteiger partial charge on any atom is 0.258 e. The Morgan fingerprint density at radius 3 is 2.50 bits per heavy atom. The molecule has 142 valence electrons. The van der Waals surface area contributed by atoms with Crippen molar-refractivity contribution in [1.82, 2.24) is 19.9 Å². The van der Waals surface area contributed by atoms with Gasteiger partial charge in [0.25, 0.3) is 5.89 Å². The average molecular weight is 438 g/mol. The van der Waals surface area contributed by atoms with Crippen LogP contribution in [0.5, 0.6) is 0 Å². The number of aromatic nitrogens is 4. The summed E-state index contributed by atoms with van der Waals surface area (Å²) in [6, 6.07) is 13.8. The Labute approximate surface area is 171 Å². The number of aryl methyl sites for hydroxylation is 1. The number of anilines is 1. The third kappa shape index (κ3) is 3.33. The first-order valence-corrected chi connectivity index (χ1v) is 9.71. The molecular weight excluding hydrogens is 418 g/mol. The minimum atomic E-state index is 0.484. The van der Waals surface area contributed by atoms with Gasteiger partial charge < -0.3 is 10.3 Å². The van der Waals surface area contributed by atoms with E-state index in [1.807, 2.05) is 48.9 Å². The maximum absolute atomic E-state index is 5.98. The summed E-state index contributed by atoms with van der Waals surface area (Å²) < 4.78 is 8.51. The van der Waals surface area contributed by atoms with Crippen molar-refractivity contribution in [2.45, 2.75) is 27.3 Å². The fourth-order valence-corrected chi connectivity index (χ4v) is 3.38. The molecule has 2 aromatic carbocycles. The van der Waals surface area contributed by atoms with Crippen LogP contribution in [0.1, 0.15) is 22.5 Å². The molecule has 0 unspecified atom stereocenters. The van der Waals surface area contributed by atoms with E-state index in [-0.39, 0.29) is 0 Å². The molecule has 0 aliphatic carbocycles. The lowest BCUT2D eigenvalue weighted by Gasteiger charge is -2.05. The number of hydrogen-bond acceptors (Lipinski definition) is 5. The summed E-state index contributed by atoms with van der Waals surface area (Å²) in [5.74, 6) is 1.02. The van der Waals surface area contributed by atoms with Crippen molar-refractivity contribution in [3.05, 3.63) is 69.5 Å². The van der Waals surface area contributed by atoms with Crippen molar-refractivity contribution in [2.75, 3.05) is 5.73 Å². The molecule has 2 heterocycles. The van der Waals surface area contributed by atoms with Crippen LogP contribution < -0.4 is 5.73 Å². The number of rotatable bonds is 4. The van der Waals surface area contributed by atoms with Gasteiger partial charge in [0, 0.05) is 16.8 Å². The molecule has 0 bridgehead atoms. The molecule has 0 spiro atoms. The zero-order chi connectivity index (χ0) is 19.8. The molecular formula is C21H20BrN5O. The number of nitrogens with zero attached hydrogens (tertiary/aromatic N) is 4. The van der Waals surface area contributed by atoms with Crippen LogP contribution in [0.15, 0.2) is 51.5 Å². The van der Waals surface area contributed by atoms with Crippen molar-refractivity contribution in [2.24, 2.45) is 0 Å². The van der Waals surface area contributed by atoms with Gasteiger partial charge in [0.15, 0.2) is 0 Å². The van der Waals surface area contributed by atoms with E-state index in [0.717, 1.165) is 38.1 Å². The molecule has 0 aliphatic rings. The zero-order valence-corrected chi connectivity index (χ0v) is 17.5. The molecule has 2 aromatic heterocycles. The second kappa shape index (κ2) is 7.24. The highest BCUT2D eigenvalue weighted by Gasteiger charge is 2.14. The summed E-state index contributed by atoms with van der Waals surface area (Å²) in [4.78, 5) is 4.54. The summed E-state index contributed by atoms with van der Waals surface area (Å²) in [5, 5.41) is 8.67. The van der Waals surface area contributed by atoms with E-state index < -0.39 is 0 Å². The first-order chi connectivity index (χ1) is 13.4. The van der Waals surface area contributed by atoms with Gasteiger partial charge in [-0.1, -0.05) is 29.4 Å². The molecule has 6 nitrogen and oxygen atoms in total. The largest absolute Gasteiger partial charge is 0.398 e. The lowest BCUT2D eigenvalue weighted by Crippen LogP contribution is -2.03. The van der Waals surface area contributed by atoms with Gasteiger partial charge in [-0.3, -0.25) is 4.68 Å². The van der Waals surface area contributed by atoms with Gasteiger partial charge in [-0.15, -0.1) is 0 Å². The number of benzene rings is 2. The first-order valence-electron chi connectivity index (χ1n) is 8.92. The monoisotopic (exact) mass is 437 g/mol. The molecule has 4 rings (SSSR count). The van der Waals surface area contributed by atoms with Crippen molar-refractivity contribution in [3.63, 3.8) is 0 Å². The van der Waals surface area contributed by atoms with Gasteiger partial charge in [-0.2, -0.15) is 10.1 Å². The quantitative estimate of drug-likeness (QED) is 0.458. The predicted molar refractivity (Wildman–Crippen MR) is 113 cm³/mol. The second-order valence-corrected chi connectivity index (χ2v) is 7.58. The van der Waals surface area contributed by atoms with Crippen LogP contribution in [0, 0.1) is 20.8 Å². The number of nitrogens with two attached hydrogens (primary N) is 1. The van der Waals surface area contributed by atoms with Crippen molar-refractivity contribution < 1.29 is 4.52 Å². The van der Waals surface area contributed by atoms with Crippen LogP contribution in [0.4, 0.5) is 5.69 Å². The smallest absolute Gasteiger partial charge is 0.258 e. The van der Waals surface area contributed by atoms with Crippen molar-refractivity contribution in [3.8, 4) is 22.8 Å². The Hall–Kier alpha value is -2.93. The van der Waals surface area contributed by atoms with Crippen molar-refractivity contribution >= 4 is 21.6 Å². The molecule has 4 aromatic rings. The Bertz CT molecular complexity index is 1140. The molecule has 0 saturated heterocycles. The normalized spacial score (nSPS) is 11.1. The number of hydrogen-bond donors (Lipinski definition) is 1. The van der Waals surface area contributed by atoms with E-state index in [1.54, 1.807) is 0 Å². The Kier molecular flexibility index (Phi) is 4.77. The van der Waals surface area contributed by atoms with Crippen LogP contribution in [-0.2, 0) is 6.54 Å². The van der Waals surface area contributed by atoms with Crippen LogP contribution in [-0.4, -0.2) is 19.9 Å². The van der Waals surface area contributed by atoms with Crippen molar-refractivity contribution in [1.29, 1.82) is 0 Å². The van der Waals surface area contributed by atoms with Gasteiger partial charge in [-0.25, -0.2) is 0 Å². The van der Waals surface area contributed by atoms with E-state index in [4.69, 9.17) is 10.3 Å². The second-order valence-electron chi connectivity index (χ2n) is 6.78. The van der Waals surface area contributed by atoms with E-state index in [2.05, 4.69) is 50.2 Å². The molecule has 0 aliphatic heterocycles. The molecule has 2 N–H and O–H groups in total. The van der Waals surface area contributed by atoms with E-state index in [1.165, 1.54) is 0 Å². The highest BCUT2D eigenvalue weighted by molar-refractivity contribution is 9.10. The van der Waals surface area contributed by atoms with Crippen LogP contribution >= 0.6 is 15.9 Å². The predicted octanol–water partition coefficient (Wildman–Crippen LogP) is 4.92. The third-order valence-corrected chi connectivity index (χ3v) is 6.02. The third-order valence-electron chi connectivity index (χ3n) is 4.87. The highest BCUT2D eigenvalue weighted by Crippen LogP contribution is 2.27. The summed E-state index contributed by atoms with van der Waals surface area (Å²) in [6.45, 7) is 6.70. The van der Waals surface area contributed by atoms with Gasteiger partial charge in [-0.05, 0) is 66.0 Å². The lowest BCUT2D eigenvalue weighted by molar-refractivity contribution is 0.432.